The van der Waals surface area contributed by atoms with E-state index in [1.54, 1.807) is 30.3 Å². The Morgan fingerprint density at radius 2 is 1.87 bits per heavy atom. The van der Waals surface area contributed by atoms with E-state index in [1.165, 1.54) is 11.3 Å². The monoisotopic (exact) mass is 352 g/mol. The lowest BCUT2D eigenvalue weighted by atomic mass is 10.3. The Kier molecular flexibility index (Phi) is 6.43. The summed E-state index contributed by atoms with van der Waals surface area (Å²) in [6, 6.07) is 10.6. The van der Waals surface area contributed by atoms with Crippen LogP contribution in [0.15, 0.2) is 36.4 Å². The number of rotatable bonds is 7. The van der Waals surface area contributed by atoms with Crippen LogP contribution in [-0.4, -0.2) is 31.5 Å². The highest BCUT2D eigenvalue weighted by Gasteiger charge is 2.09. The molecule has 122 valence electrons. The van der Waals surface area contributed by atoms with E-state index in [4.69, 9.17) is 16.3 Å². The van der Waals surface area contributed by atoms with Gasteiger partial charge in [0.1, 0.15) is 12.4 Å². The molecule has 0 fully saturated rings. The van der Waals surface area contributed by atoms with Gasteiger partial charge in [-0.25, -0.2) is 0 Å². The molecule has 0 bridgehead atoms. The molecule has 1 aromatic heterocycles. The molecule has 0 spiro atoms. The molecule has 7 heteroatoms. The first-order valence-electron chi connectivity index (χ1n) is 7.04. The molecular formula is C16H17ClN2O3S. The van der Waals surface area contributed by atoms with Crippen molar-refractivity contribution in [2.75, 3.05) is 19.7 Å². The minimum Gasteiger partial charge on any atom is -0.492 e. The van der Waals surface area contributed by atoms with Gasteiger partial charge in [-0.05, 0) is 43.3 Å². The number of carbonyl (C=O) groups excluding carboxylic acids is 2. The number of hydrogen-bond acceptors (Lipinski definition) is 4. The second-order valence-electron chi connectivity index (χ2n) is 4.75. The lowest BCUT2D eigenvalue weighted by Gasteiger charge is -2.08. The van der Waals surface area contributed by atoms with Crippen molar-refractivity contribution in [1.82, 2.24) is 10.6 Å². The average molecular weight is 353 g/mol. The van der Waals surface area contributed by atoms with E-state index < -0.39 is 0 Å². The van der Waals surface area contributed by atoms with Crippen molar-refractivity contribution >= 4 is 34.8 Å². The van der Waals surface area contributed by atoms with Gasteiger partial charge in [-0.1, -0.05) is 11.6 Å². The minimum atomic E-state index is -0.258. The largest absolute Gasteiger partial charge is 0.492 e. The van der Waals surface area contributed by atoms with Crippen molar-refractivity contribution < 1.29 is 14.3 Å². The highest BCUT2D eigenvalue weighted by Crippen LogP contribution is 2.15. The highest BCUT2D eigenvalue weighted by atomic mass is 35.5. The fourth-order valence-electron chi connectivity index (χ4n) is 1.76. The second kappa shape index (κ2) is 8.55. The lowest BCUT2D eigenvalue weighted by molar-refractivity contribution is -0.120. The molecule has 1 aromatic carbocycles. The first-order valence-corrected chi connectivity index (χ1v) is 8.24. The summed E-state index contributed by atoms with van der Waals surface area (Å²) >= 11 is 7.17. The molecule has 2 rings (SSSR count). The van der Waals surface area contributed by atoms with E-state index in [0.29, 0.717) is 28.8 Å². The van der Waals surface area contributed by atoms with Crippen LogP contribution in [0, 0.1) is 6.92 Å². The van der Waals surface area contributed by atoms with Crippen molar-refractivity contribution in [2.45, 2.75) is 6.92 Å². The Morgan fingerprint density at radius 1 is 1.13 bits per heavy atom. The SMILES string of the molecule is Cc1ccc(C(=O)NCC(=O)NCCOc2ccc(Cl)cc2)s1. The first-order chi connectivity index (χ1) is 11.0. The molecule has 0 aliphatic heterocycles. The van der Waals surface area contributed by atoms with Crippen molar-refractivity contribution in [3.63, 3.8) is 0 Å². The molecule has 0 radical (unpaired) electrons. The van der Waals surface area contributed by atoms with Crippen LogP contribution in [0.25, 0.3) is 0 Å². The van der Waals surface area contributed by atoms with E-state index in [2.05, 4.69) is 10.6 Å². The smallest absolute Gasteiger partial charge is 0.261 e. The van der Waals surface area contributed by atoms with Gasteiger partial charge in [0.25, 0.3) is 5.91 Å². The third-order valence-corrected chi connectivity index (χ3v) is 4.13. The summed E-state index contributed by atoms with van der Waals surface area (Å²) in [5.41, 5.74) is 0. The third-order valence-electron chi connectivity index (χ3n) is 2.88. The normalized spacial score (nSPS) is 10.2. The van der Waals surface area contributed by atoms with E-state index in [0.717, 1.165) is 4.88 Å². The number of hydrogen-bond donors (Lipinski definition) is 2. The number of nitrogens with one attached hydrogen (secondary N) is 2. The van der Waals surface area contributed by atoms with Gasteiger partial charge < -0.3 is 15.4 Å². The quantitative estimate of drug-likeness (QED) is 0.753. The molecule has 2 N–H and O–H groups in total. The van der Waals surface area contributed by atoms with Crippen LogP contribution in [0.2, 0.25) is 5.02 Å². The number of carbonyl (C=O) groups is 2. The van der Waals surface area contributed by atoms with Crippen LogP contribution in [0.5, 0.6) is 5.75 Å². The van der Waals surface area contributed by atoms with Crippen molar-refractivity contribution in [3.05, 3.63) is 51.2 Å². The zero-order valence-electron chi connectivity index (χ0n) is 12.6. The number of thiophene rings is 1. The van der Waals surface area contributed by atoms with Crippen LogP contribution in [0.4, 0.5) is 0 Å². The Bertz CT molecular complexity index is 670. The Balaban J connectivity index is 1.61. The fraction of sp³-hybridized carbons (Fsp3) is 0.250. The van der Waals surface area contributed by atoms with Gasteiger partial charge in [0.15, 0.2) is 0 Å². The molecular weight excluding hydrogens is 336 g/mol. The molecule has 0 aliphatic rings. The maximum Gasteiger partial charge on any atom is 0.261 e. The van der Waals surface area contributed by atoms with E-state index in [-0.39, 0.29) is 18.4 Å². The molecule has 1 heterocycles. The van der Waals surface area contributed by atoms with Crippen LogP contribution < -0.4 is 15.4 Å². The molecule has 0 saturated heterocycles. The highest BCUT2D eigenvalue weighted by molar-refractivity contribution is 7.13. The summed E-state index contributed by atoms with van der Waals surface area (Å²) in [5.74, 6) is 0.187. The molecule has 0 atom stereocenters. The molecule has 0 saturated carbocycles. The van der Waals surface area contributed by atoms with Gasteiger partial charge >= 0.3 is 0 Å². The van der Waals surface area contributed by atoms with Gasteiger partial charge in [0.2, 0.25) is 5.91 Å². The Labute approximate surface area is 143 Å². The number of amides is 2. The van der Waals surface area contributed by atoms with Crippen molar-refractivity contribution in [1.29, 1.82) is 0 Å². The number of benzene rings is 1. The van der Waals surface area contributed by atoms with Crippen LogP contribution in [-0.2, 0) is 4.79 Å². The van der Waals surface area contributed by atoms with Gasteiger partial charge in [-0.3, -0.25) is 9.59 Å². The average Bonchev–Trinajstić information content (AvgIpc) is 2.97. The van der Waals surface area contributed by atoms with E-state index in [1.807, 2.05) is 13.0 Å². The molecule has 23 heavy (non-hydrogen) atoms. The number of aryl methyl sites for hydroxylation is 1. The molecule has 0 unspecified atom stereocenters. The second-order valence-corrected chi connectivity index (χ2v) is 6.47. The van der Waals surface area contributed by atoms with E-state index >= 15 is 0 Å². The zero-order valence-corrected chi connectivity index (χ0v) is 14.2. The minimum absolute atomic E-state index is 0.0588. The standard InChI is InChI=1S/C16H17ClN2O3S/c1-11-2-7-14(23-11)16(21)19-10-15(20)18-8-9-22-13-5-3-12(17)4-6-13/h2-7H,8-10H2,1H3,(H,18,20)(H,19,21). The van der Waals surface area contributed by atoms with Crippen molar-refractivity contribution in [2.24, 2.45) is 0 Å². The first kappa shape index (κ1) is 17.3. The maximum absolute atomic E-state index is 11.8. The number of halogens is 1. The summed E-state index contributed by atoms with van der Waals surface area (Å²) in [6.45, 7) is 2.56. The van der Waals surface area contributed by atoms with Crippen LogP contribution in [0.1, 0.15) is 14.5 Å². The Morgan fingerprint density at radius 3 is 2.52 bits per heavy atom. The van der Waals surface area contributed by atoms with Gasteiger partial charge in [0, 0.05) is 9.90 Å². The lowest BCUT2D eigenvalue weighted by Crippen LogP contribution is -2.38. The third kappa shape index (κ3) is 5.92. The predicted octanol–water partition coefficient (Wildman–Crippen LogP) is 2.63. The van der Waals surface area contributed by atoms with Crippen LogP contribution in [0.3, 0.4) is 0 Å². The maximum atomic E-state index is 11.8. The molecule has 2 aromatic rings. The zero-order chi connectivity index (χ0) is 16.7. The van der Waals surface area contributed by atoms with Crippen molar-refractivity contribution in [3.8, 4) is 5.75 Å². The number of ether oxygens (including phenoxy) is 1. The van der Waals surface area contributed by atoms with Gasteiger partial charge in [0.05, 0.1) is 18.0 Å². The molecule has 0 aliphatic carbocycles. The fourth-order valence-corrected chi connectivity index (χ4v) is 2.67. The summed E-state index contributed by atoms with van der Waals surface area (Å²) in [6.07, 6.45) is 0. The summed E-state index contributed by atoms with van der Waals surface area (Å²) in [7, 11) is 0. The van der Waals surface area contributed by atoms with E-state index in [9.17, 15) is 9.59 Å². The predicted molar refractivity (Wildman–Crippen MR) is 91.3 cm³/mol. The molecule has 5 nitrogen and oxygen atoms in total. The summed E-state index contributed by atoms with van der Waals surface area (Å²) < 4.78 is 5.45. The molecule has 2 amide bonds. The summed E-state index contributed by atoms with van der Waals surface area (Å²) in [4.78, 5) is 25.1. The summed E-state index contributed by atoms with van der Waals surface area (Å²) in [5, 5.41) is 5.90. The Hall–Kier alpha value is -2.05. The van der Waals surface area contributed by atoms with Gasteiger partial charge in [-0.15, -0.1) is 11.3 Å². The van der Waals surface area contributed by atoms with Crippen LogP contribution >= 0.6 is 22.9 Å². The topological polar surface area (TPSA) is 67.4 Å². The van der Waals surface area contributed by atoms with Gasteiger partial charge in [-0.2, -0.15) is 0 Å².